The largest absolute Gasteiger partial charge is 0.508 e. The molecule has 0 amide bonds. The standard InChI is InChI=1S/C16H18N6O2/c17-16-20-14(19-10-4-6-11(23)7-5-10)13-15(21-16)22(9-18-13)12-3-1-2-8-24-12/h4-7,9,12,23H,1-3,8H2,(H3,17,19,20,21). The fourth-order valence-corrected chi connectivity index (χ4v) is 2.86. The van der Waals surface area contributed by atoms with E-state index >= 15 is 0 Å². The second-order valence-corrected chi connectivity index (χ2v) is 5.75. The highest BCUT2D eigenvalue weighted by Crippen LogP contribution is 2.29. The first-order chi connectivity index (χ1) is 11.7. The van der Waals surface area contributed by atoms with Crippen molar-refractivity contribution in [3.8, 4) is 5.75 Å². The predicted molar refractivity (Wildman–Crippen MR) is 90.0 cm³/mol. The van der Waals surface area contributed by atoms with Gasteiger partial charge in [-0.1, -0.05) is 0 Å². The van der Waals surface area contributed by atoms with Gasteiger partial charge in [0.1, 0.15) is 12.0 Å². The van der Waals surface area contributed by atoms with Crippen molar-refractivity contribution in [3.05, 3.63) is 30.6 Å². The van der Waals surface area contributed by atoms with Gasteiger partial charge in [0, 0.05) is 12.3 Å². The quantitative estimate of drug-likeness (QED) is 0.634. The number of phenols is 1. The van der Waals surface area contributed by atoms with E-state index in [0.717, 1.165) is 31.6 Å². The van der Waals surface area contributed by atoms with Crippen LogP contribution >= 0.6 is 0 Å². The van der Waals surface area contributed by atoms with Crippen LogP contribution in [0.25, 0.3) is 11.2 Å². The molecule has 1 aliphatic heterocycles. The molecule has 3 heterocycles. The molecule has 1 aromatic carbocycles. The smallest absolute Gasteiger partial charge is 0.224 e. The normalized spacial score (nSPS) is 17.9. The molecule has 8 heteroatoms. The topological polar surface area (TPSA) is 111 Å². The molecule has 24 heavy (non-hydrogen) atoms. The highest BCUT2D eigenvalue weighted by molar-refractivity contribution is 5.86. The van der Waals surface area contributed by atoms with E-state index < -0.39 is 0 Å². The first-order valence-electron chi connectivity index (χ1n) is 7.88. The Balaban J connectivity index is 1.73. The van der Waals surface area contributed by atoms with Crippen molar-refractivity contribution in [1.82, 2.24) is 19.5 Å². The summed E-state index contributed by atoms with van der Waals surface area (Å²) in [5.41, 5.74) is 7.93. The van der Waals surface area contributed by atoms with Crippen LogP contribution in [0.1, 0.15) is 25.5 Å². The Labute approximate surface area is 138 Å². The number of nitrogens with two attached hydrogens (primary N) is 1. The third-order valence-electron chi connectivity index (χ3n) is 4.03. The monoisotopic (exact) mass is 326 g/mol. The van der Waals surface area contributed by atoms with Gasteiger partial charge in [0.25, 0.3) is 0 Å². The number of fused-ring (bicyclic) bond motifs is 1. The van der Waals surface area contributed by atoms with Crippen LogP contribution in [-0.4, -0.2) is 31.2 Å². The van der Waals surface area contributed by atoms with Gasteiger partial charge in [0.05, 0.1) is 6.33 Å². The highest BCUT2D eigenvalue weighted by Gasteiger charge is 2.21. The summed E-state index contributed by atoms with van der Waals surface area (Å²) in [7, 11) is 0. The summed E-state index contributed by atoms with van der Waals surface area (Å²) in [4.78, 5) is 13.0. The van der Waals surface area contributed by atoms with Crippen molar-refractivity contribution >= 4 is 28.6 Å². The van der Waals surface area contributed by atoms with Crippen LogP contribution in [0.2, 0.25) is 0 Å². The zero-order valence-corrected chi connectivity index (χ0v) is 13.0. The summed E-state index contributed by atoms with van der Waals surface area (Å²) in [6.07, 6.45) is 4.77. The zero-order chi connectivity index (χ0) is 16.5. The molecule has 0 bridgehead atoms. The Hall–Kier alpha value is -2.87. The number of aromatic hydroxyl groups is 1. The Morgan fingerprint density at radius 3 is 2.79 bits per heavy atom. The Bertz CT molecular complexity index is 855. The van der Waals surface area contributed by atoms with Gasteiger partial charge >= 0.3 is 0 Å². The van der Waals surface area contributed by atoms with Gasteiger partial charge in [-0.3, -0.25) is 4.57 Å². The van der Waals surface area contributed by atoms with Gasteiger partial charge in [-0.2, -0.15) is 9.97 Å². The number of imidazole rings is 1. The molecule has 0 aliphatic carbocycles. The van der Waals surface area contributed by atoms with Crippen LogP contribution in [0.3, 0.4) is 0 Å². The maximum Gasteiger partial charge on any atom is 0.224 e. The molecule has 1 saturated heterocycles. The first kappa shape index (κ1) is 14.7. The number of nitrogens with zero attached hydrogens (tertiary/aromatic N) is 4. The van der Waals surface area contributed by atoms with Crippen molar-refractivity contribution in [1.29, 1.82) is 0 Å². The SMILES string of the molecule is Nc1nc(Nc2ccc(O)cc2)c2ncn(C3CCCCO3)c2n1. The van der Waals surface area contributed by atoms with Crippen LogP contribution in [0.15, 0.2) is 30.6 Å². The summed E-state index contributed by atoms with van der Waals surface area (Å²) >= 11 is 0. The molecule has 1 atom stereocenters. The fourth-order valence-electron chi connectivity index (χ4n) is 2.86. The molecule has 0 radical (unpaired) electrons. The third kappa shape index (κ3) is 2.71. The van der Waals surface area contributed by atoms with Crippen molar-refractivity contribution in [3.63, 3.8) is 0 Å². The minimum absolute atomic E-state index is 0.0698. The van der Waals surface area contributed by atoms with E-state index in [0.29, 0.717) is 17.0 Å². The second kappa shape index (κ2) is 5.97. The maximum absolute atomic E-state index is 9.38. The number of phenolic OH excluding ortho intramolecular Hbond substituents is 1. The van der Waals surface area contributed by atoms with Gasteiger partial charge in [-0.05, 0) is 43.5 Å². The number of anilines is 3. The molecule has 1 unspecified atom stereocenters. The van der Waals surface area contributed by atoms with Crippen molar-refractivity contribution in [2.75, 3.05) is 17.7 Å². The number of hydrogen-bond acceptors (Lipinski definition) is 7. The van der Waals surface area contributed by atoms with E-state index in [1.807, 2.05) is 4.57 Å². The summed E-state index contributed by atoms with van der Waals surface area (Å²) < 4.78 is 7.73. The number of nitrogen functional groups attached to an aromatic ring is 1. The average Bonchev–Trinajstić information content (AvgIpc) is 3.01. The van der Waals surface area contributed by atoms with Crippen molar-refractivity contribution < 1.29 is 9.84 Å². The van der Waals surface area contributed by atoms with Gasteiger partial charge in [0.2, 0.25) is 5.95 Å². The van der Waals surface area contributed by atoms with Gasteiger partial charge in [-0.25, -0.2) is 4.98 Å². The lowest BCUT2D eigenvalue weighted by Crippen LogP contribution is -2.18. The maximum atomic E-state index is 9.38. The average molecular weight is 326 g/mol. The Morgan fingerprint density at radius 1 is 1.21 bits per heavy atom. The lowest BCUT2D eigenvalue weighted by molar-refractivity contribution is -0.0298. The van der Waals surface area contributed by atoms with Crippen LogP contribution in [0.5, 0.6) is 5.75 Å². The molecule has 0 spiro atoms. The molecule has 3 aromatic rings. The van der Waals surface area contributed by atoms with Crippen LogP contribution < -0.4 is 11.1 Å². The molecule has 4 N–H and O–H groups in total. The van der Waals surface area contributed by atoms with Gasteiger partial charge in [-0.15, -0.1) is 0 Å². The van der Waals surface area contributed by atoms with Gasteiger partial charge in [0.15, 0.2) is 17.0 Å². The van der Waals surface area contributed by atoms with E-state index in [1.165, 1.54) is 0 Å². The van der Waals surface area contributed by atoms with Crippen LogP contribution in [0, 0.1) is 0 Å². The van der Waals surface area contributed by atoms with E-state index in [4.69, 9.17) is 10.5 Å². The second-order valence-electron chi connectivity index (χ2n) is 5.75. The molecule has 1 aliphatic rings. The van der Waals surface area contributed by atoms with Crippen LogP contribution in [-0.2, 0) is 4.74 Å². The number of benzene rings is 1. The van der Waals surface area contributed by atoms with Crippen LogP contribution in [0.4, 0.5) is 17.5 Å². The fraction of sp³-hybridized carbons (Fsp3) is 0.312. The van der Waals surface area contributed by atoms with E-state index in [1.54, 1.807) is 30.6 Å². The van der Waals surface area contributed by atoms with Crippen molar-refractivity contribution in [2.45, 2.75) is 25.5 Å². The minimum Gasteiger partial charge on any atom is -0.508 e. The zero-order valence-electron chi connectivity index (χ0n) is 13.0. The number of ether oxygens (including phenoxy) is 1. The molecule has 2 aromatic heterocycles. The van der Waals surface area contributed by atoms with E-state index in [2.05, 4.69) is 20.3 Å². The summed E-state index contributed by atoms with van der Waals surface area (Å²) in [5.74, 6) is 0.894. The molecular formula is C16H18N6O2. The molecule has 4 rings (SSSR count). The number of rotatable bonds is 3. The molecule has 1 fully saturated rings. The van der Waals surface area contributed by atoms with Gasteiger partial charge < -0.3 is 20.9 Å². The molecular weight excluding hydrogens is 308 g/mol. The highest BCUT2D eigenvalue weighted by atomic mass is 16.5. The number of hydrogen-bond donors (Lipinski definition) is 3. The first-order valence-corrected chi connectivity index (χ1v) is 7.88. The number of nitrogens with one attached hydrogen (secondary N) is 1. The van der Waals surface area contributed by atoms with Crippen molar-refractivity contribution in [2.24, 2.45) is 0 Å². The van der Waals surface area contributed by atoms with E-state index in [-0.39, 0.29) is 17.9 Å². The summed E-state index contributed by atoms with van der Waals surface area (Å²) in [5, 5.41) is 12.6. The predicted octanol–water partition coefficient (Wildman–Crippen LogP) is 2.56. The lowest BCUT2D eigenvalue weighted by atomic mass is 10.2. The minimum atomic E-state index is -0.0698. The molecule has 0 saturated carbocycles. The Morgan fingerprint density at radius 2 is 2.04 bits per heavy atom. The molecule has 8 nitrogen and oxygen atoms in total. The lowest BCUT2D eigenvalue weighted by Gasteiger charge is -2.23. The van der Waals surface area contributed by atoms with E-state index in [9.17, 15) is 5.11 Å². The molecule has 124 valence electrons. The summed E-state index contributed by atoms with van der Waals surface area (Å²) in [6, 6.07) is 6.69. The third-order valence-corrected chi connectivity index (χ3v) is 4.03. The summed E-state index contributed by atoms with van der Waals surface area (Å²) in [6.45, 7) is 0.740. The Kier molecular flexibility index (Phi) is 3.66. The number of aromatic nitrogens is 4.